The average Bonchev–Trinajstić information content (AvgIpc) is 3.20. The second-order valence-electron chi connectivity index (χ2n) is 10.7. The molecule has 0 aromatic rings. The molecule has 1 heterocycles. The molecule has 1 unspecified atom stereocenters. The summed E-state index contributed by atoms with van der Waals surface area (Å²) in [6.45, 7) is 5.67. The summed E-state index contributed by atoms with van der Waals surface area (Å²) in [7, 11) is 0. The molecule has 0 aromatic heterocycles. The molecule has 1 aliphatic heterocycles. The van der Waals surface area contributed by atoms with Gasteiger partial charge >= 0.3 is 0 Å². The molecular formula is C25H34O6. The first-order chi connectivity index (χ1) is 14.7. The van der Waals surface area contributed by atoms with Crippen LogP contribution in [-0.2, 0) is 19.1 Å². The van der Waals surface area contributed by atoms with Crippen molar-refractivity contribution >= 4 is 11.6 Å². The van der Waals surface area contributed by atoms with Crippen LogP contribution in [0.25, 0.3) is 0 Å². The first-order valence-corrected chi connectivity index (χ1v) is 11.8. The minimum absolute atomic E-state index is 0.0125. The molecule has 4 aliphatic carbocycles. The predicted octanol–water partition coefficient (Wildman–Crippen LogP) is 2.72. The van der Waals surface area contributed by atoms with E-state index in [2.05, 4.69) is 20.8 Å². The number of hydrogen-bond donors (Lipinski definition) is 2. The van der Waals surface area contributed by atoms with E-state index in [0.29, 0.717) is 19.3 Å². The molecule has 4 fully saturated rings. The van der Waals surface area contributed by atoms with Crippen LogP contribution in [0.4, 0.5) is 0 Å². The van der Waals surface area contributed by atoms with Gasteiger partial charge in [-0.3, -0.25) is 9.59 Å². The zero-order valence-corrected chi connectivity index (χ0v) is 18.7. The number of hydrogen-bond acceptors (Lipinski definition) is 6. The van der Waals surface area contributed by atoms with Crippen molar-refractivity contribution in [1.82, 2.24) is 0 Å². The fourth-order valence-corrected chi connectivity index (χ4v) is 8.12. The third kappa shape index (κ3) is 2.65. The summed E-state index contributed by atoms with van der Waals surface area (Å²) in [4.78, 5) is 25.2. The van der Waals surface area contributed by atoms with Crippen LogP contribution < -0.4 is 0 Å². The zero-order valence-electron chi connectivity index (χ0n) is 18.7. The highest BCUT2D eigenvalue weighted by Gasteiger charge is 2.75. The van der Waals surface area contributed by atoms with Gasteiger partial charge in [-0.05, 0) is 56.1 Å². The molecule has 5 aliphatic rings. The number of carbonyl (C=O) groups is 2. The first-order valence-electron chi connectivity index (χ1n) is 11.8. The highest BCUT2D eigenvalue weighted by molar-refractivity contribution is 6.01. The maximum Gasteiger partial charge on any atom is 0.193 e. The summed E-state index contributed by atoms with van der Waals surface area (Å²) >= 11 is 0. The molecule has 0 bridgehead atoms. The number of aliphatic hydroxyl groups excluding tert-OH is 2. The van der Waals surface area contributed by atoms with Crippen LogP contribution in [0.15, 0.2) is 23.8 Å². The fraction of sp³-hybridized carbons (Fsp3) is 0.760. The Kier molecular flexibility index (Phi) is 4.91. The van der Waals surface area contributed by atoms with Crippen molar-refractivity contribution in [1.29, 1.82) is 0 Å². The van der Waals surface area contributed by atoms with Crippen LogP contribution in [0, 0.1) is 28.6 Å². The molecule has 3 saturated carbocycles. The van der Waals surface area contributed by atoms with Crippen molar-refractivity contribution < 1.29 is 29.3 Å². The number of carbonyl (C=O) groups excluding carboxylic acids is 2. The fourth-order valence-electron chi connectivity index (χ4n) is 8.12. The van der Waals surface area contributed by atoms with Crippen molar-refractivity contribution in [3.63, 3.8) is 0 Å². The van der Waals surface area contributed by atoms with Crippen LogP contribution >= 0.6 is 0 Å². The lowest BCUT2D eigenvalue weighted by Gasteiger charge is -2.59. The first kappa shape index (κ1) is 21.5. The smallest absolute Gasteiger partial charge is 0.193 e. The van der Waals surface area contributed by atoms with Crippen molar-refractivity contribution in [2.75, 3.05) is 6.61 Å². The maximum absolute atomic E-state index is 13.2. The monoisotopic (exact) mass is 430 g/mol. The number of ketones is 2. The number of ether oxygens (including phenoxy) is 2. The van der Waals surface area contributed by atoms with Gasteiger partial charge in [0.15, 0.2) is 23.5 Å². The van der Waals surface area contributed by atoms with Crippen LogP contribution in [0.1, 0.15) is 59.3 Å². The molecule has 0 spiro atoms. The van der Waals surface area contributed by atoms with Gasteiger partial charge < -0.3 is 19.7 Å². The topological polar surface area (TPSA) is 93.1 Å². The SMILES string of the molecule is CCCC1O[C@@H]2C[C@H]3[C@H]4CCC5=CC(=O)C=C[C@]5(C)[C@H]4[C@@H](O)C[C@]3(C)[C@]2(C(=O)CO)O1. The summed E-state index contributed by atoms with van der Waals surface area (Å²) in [6.07, 6.45) is 8.31. The lowest BCUT2D eigenvalue weighted by molar-refractivity contribution is -0.200. The third-order valence-electron chi connectivity index (χ3n) is 9.37. The Hall–Kier alpha value is -1.34. The number of aliphatic hydroxyl groups is 2. The minimum atomic E-state index is -1.20. The largest absolute Gasteiger partial charge is 0.393 e. The van der Waals surface area contributed by atoms with Crippen LogP contribution in [0.2, 0.25) is 0 Å². The van der Waals surface area contributed by atoms with E-state index < -0.39 is 36.1 Å². The summed E-state index contributed by atoms with van der Waals surface area (Å²) < 4.78 is 12.7. The summed E-state index contributed by atoms with van der Waals surface area (Å²) in [6, 6.07) is 0. The minimum Gasteiger partial charge on any atom is -0.393 e. The van der Waals surface area contributed by atoms with Gasteiger partial charge in [0.2, 0.25) is 0 Å². The number of fused-ring (bicyclic) bond motifs is 7. The number of rotatable bonds is 4. The van der Waals surface area contributed by atoms with Gasteiger partial charge in [0, 0.05) is 16.7 Å². The van der Waals surface area contributed by atoms with Crippen LogP contribution in [-0.4, -0.2) is 52.5 Å². The van der Waals surface area contributed by atoms with E-state index in [0.717, 1.165) is 24.8 Å². The van der Waals surface area contributed by atoms with E-state index in [1.807, 2.05) is 6.08 Å². The predicted molar refractivity (Wildman–Crippen MR) is 113 cm³/mol. The average molecular weight is 431 g/mol. The Labute approximate surface area is 183 Å². The van der Waals surface area contributed by atoms with E-state index in [4.69, 9.17) is 9.47 Å². The molecule has 1 saturated heterocycles. The van der Waals surface area contributed by atoms with Gasteiger partial charge in [0.25, 0.3) is 0 Å². The Balaban J connectivity index is 1.55. The molecule has 0 amide bonds. The normalized spacial score (nSPS) is 50.4. The Morgan fingerprint density at radius 3 is 2.81 bits per heavy atom. The molecule has 170 valence electrons. The highest BCUT2D eigenvalue weighted by atomic mass is 16.7. The van der Waals surface area contributed by atoms with Crippen molar-refractivity contribution in [2.45, 2.75) is 83.4 Å². The third-order valence-corrected chi connectivity index (χ3v) is 9.37. The molecule has 0 aromatic carbocycles. The van der Waals surface area contributed by atoms with Crippen LogP contribution in [0.5, 0.6) is 0 Å². The number of allylic oxidation sites excluding steroid dienone is 4. The van der Waals surface area contributed by atoms with E-state index >= 15 is 0 Å². The zero-order chi connectivity index (χ0) is 22.2. The van der Waals surface area contributed by atoms with E-state index in [1.54, 1.807) is 12.2 Å². The molecular weight excluding hydrogens is 396 g/mol. The van der Waals surface area contributed by atoms with Gasteiger partial charge in [-0.25, -0.2) is 0 Å². The molecule has 5 rings (SSSR count). The standard InChI is InChI=1S/C25H34O6/c1-4-5-21-30-20-11-17-16-7-6-14-10-15(27)8-9-23(14,2)22(16)18(28)12-24(17,3)25(20,31-21)19(29)13-26/h8-10,16-18,20-22,26,28H,4-7,11-13H2,1-3H3/t16-,17+,18+,20-,21?,22-,23+,24+,25-/m1/s1. The number of Topliss-reactive ketones (excluding diaryl/α,β-unsaturated/α-hetero) is 1. The van der Waals surface area contributed by atoms with Crippen LogP contribution in [0.3, 0.4) is 0 Å². The van der Waals surface area contributed by atoms with Crippen molar-refractivity contribution in [3.8, 4) is 0 Å². The molecule has 0 radical (unpaired) electrons. The highest BCUT2D eigenvalue weighted by Crippen LogP contribution is 2.69. The van der Waals surface area contributed by atoms with E-state index in [9.17, 15) is 19.8 Å². The van der Waals surface area contributed by atoms with E-state index in [1.165, 1.54) is 0 Å². The summed E-state index contributed by atoms with van der Waals surface area (Å²) in [5.41, 5.74) is -1.05. The molecule has 6 heteroatoms. The van der Waals surface area contributed by atoms with Crippen molar-refractivity contribution in [2.24, 2.45) is 28.6 Å². The Morgan fingerprint density at radius 1 is 1.32 bits per heavy atom. The summed E-state index contributed by atoms with van der Waals surface area (Å²) in [5, 5.41) is 21.4. The maximum atomic E-state index is 13.2. The van der Waals surface area contributed by atoms with Gasteiger partial charge in [-0.2, -0.15) is 0 Å². The lowest BCUT2D eigenvalue weighted by Crippen LogP contribution is -2.63. The van der Waals surface area contributed by atoms with Crippen molar-refractivity contribution in [3.05, 3.63) is 23.8 Å². The van der Waals surface area contributed by atoms with Gasteiger partial charge in [-0.15, -0.1) is 0 Å². The van der Waals surface area contributed by atoms with Gasteiger partial charge in [-0.1, -0.05) is 38.8 Å². The summed E-state index contributed by atoms with van der Waals surface area (Å²) in [5.74, 6) is 0.0274. The molecule has 2 N–H and O–H groups in total. The van der Waals surface area contributed by atoms with Gasteiger partial charge in [0.1, 0.15) is 6.61 Å². The quantitative estimate of drug-likeness (QED) is 0.712. The lowest BCUT2D eigenvalue weighted by atomic mass is 9.46. The molecule has 31 heavy (non-hydrogen) atoms. The second-order valence-corrected chi connectivity index (χ2v) is 10.7. The Bertz CT molecular complexity index is 862. The Morgan fingerprint density at radius 2 is 2.10 bits per heavy atom. The molecule has 6 nitrogen and oxygen atoms in total. The second kappa shape index (κ2) is 7.08. The van der Waals surface area contributed by atoms with Gasteiger partial charge in [0.05, 0.1) is 12.2 Å². The molecule has 9 atom stereocenters. The van der Waals surface area contributed by atoms with E-state index in [-0.39, 0.29) is 34.7 Å².